The number of nitrogens with two attached hydrogens (primary N) is 1. The first-order valence-corrected chi connectivity index (χ1v) is 10.7. The number of ether oxygens (including phenoxy) is 1. The number of hydrogen-bond donors (Lipinski definition) is 2. The van der Waals surface area contributed by atoms with E-state index < -0.39 is 5.97 Å². The smallest absolute Gasteiger partial charge is 0.307 e. The van der Waals surface area contributed by atoms with Gasteiger partial charge in [0.2, 0.25) is 0 Å². The molecular weight excluding hydrogens is 414 g/mol. The Morgan fingerprint density at radius 1 is 1.15 bits per heavy atom. The van der Waals surface area contributed by atoms with Crippen molar-refractivity contribution < 1.29 is 14.6 Å². The first-order valence-electron chi connectivity index (χ1n) is 10.7. The molecule has 0 aliphatic heterocycles. The molecule has 1 unspecified atom stereocenters. The maximum absolute atomic E-state index is 11.3. The van der Waals surface area contributed by atoms with Crippen molar-refractivity contribution in [1.82, 2.24) is 4.98 Å². The van der Waals surface area contributed by atoms with Crippen LogP contribution in [0.1, 0.15) is 34.8 Å². The Bertz CT molecular complexity index is 1440. The molecule has 1 aliphatic carbocycles. The summed E-state index contributed by atoms with van der Waals surface area (Å²) in [5.74, 6) is -0.112. The monoisotopic (exact) mass is 435 g/mol. The Balaban J connectivity index is 1.55. The van der Waals surface area contributed by atoms with Crippen molar-refractivity contribution in [1.29, 1.82) is 5.26 Å². The van der Waals surface area contributed by atoms with Gasteiger partial charge in [0.15, 0.2) is 0 Å². The molecule has 162 valence electrons. The molecular formula is C27H21N3O3. The summed E-state index contributed by atoms with van der Waals surface area (Å²) in [6.45, 7) is 0. The van der Waals surface area contributed by atoms with Crippen molar-refractivity contribution in [2.45, 2.75) is 25.4 Å². The highest BCUT2D eigenvalue weighted by Gasteiger charge is 2.27. The first kappa shape index (κ1) is 20.5. The van der Waals surface area contributed by atoms with E-state index in [0.29, 0.717) is 22.7 Å². The molecule has 0 fully saturated rings. The summed E-state index contributed by atoms with van der Waals surface area (Å²) in [5, 5.41) is 20.8. The molecule has 33 heavy (non-hydrogen) atoms. The SMILES string of the molecule is N#Cc1cccc(CC(=O)O)c1OC1CCc2ccc(-c3cccc4c(N)nccc34)cc21. The second-order valence-corrected chi connectivity index (χ2v) is 8.13. The highest BCUT2D eigenvalue weighted by molar-refractivity contribution is 6.01. The summed E-state index contributed by atoms with van der Waals surface area (Å²) in [7, 11) is 0. The van der Waals surface area contributed by atoms with Crippen LogP contribution in [0, 0.1) is 11.3 Å². The van der Waals surface area contributed by atoms with Gasteiger partial charge in [-0.25, -0.2) is 4.98 Å². The van der Waals surface area contributed by atoms with Gasteiger partial charge in [-0.15, -0.1) is 0 Å². The van der Waals surface area contributed by atoms with Gasteiger partial charge in [0, 0.05) is 17.1 Å². The summed E-state index contributed by atoms with van der Waals surface area (Å²) in [6.07, 6.45) is 2.87. The number of nitriles is 1. The van der Waals surface area contributed by atoms with Crippen LogP contribution in [-0.2, 0) is 17.6 Å². The number of carbonyl (C=O) groups is 1. The molecule has 3 aromatic carbocycles. The van der Waals surface area contributed by atoms with Crippen molar-refractivity contribution in [2.24, 2.45) is 0 Å². The Labute approximate surface area is 190 Å². The van der Waals surface area contributed by atoms with E-state index in [0.717, 1.165) is 40.3 Å². The lowest BCUT2D eigenvalue weighted by Crippen LogP contribution is -2.09. The van der Waals surface area contributed by atoms with Crippen molar-refractivity contribution in [3.63, 3.8) is 0 Å². The minimum absolute atomic E-state index is 0.198. The Morgan fingerprint density at radius 2 is 2.00 bits per heavy atom. The van der Waals surface area contributed by atoms with Gasteiger partial charge >= 0.3 is 5.97 Å². The summed E-state index contributed by atoms with van der Waals surface area (Å²) in [5.41, 5.74) is 11.3. The zero-order valence-electron chi connectivity index (χ0n) is 17.8. The van der Waals surface area contributed by atoms with Crippen LogP contribution in [0.3, 0.4) is 0 Å². The van der Waals surface area contributed by atoms with Crippen molar-refractivity contribution in [3.8, 4) is 22.9 Å². The molecule has 0 amide bonds. The first-order chi connectivity index (χ1) is 16.0. The number of aryl methyl sites for hydroxylation is 1. The maximum atomic E-state index is 11.3. The number of para-hydroxylation sites is 1. The maximum Gasteiger partial charge on any atom is 0.307 e. The Morgan fingerprint density at radius 3 is 2.82 bits per heavy atom. The van der Waals surface area contributed by atoms with Gasteiger partial charge < -0.3 is 15.6 Å². The number of aliphatic carboxylic acids is 1. The molecule has 6 nitrogen and oxygen atoms in total. The highest BCUT2D eigenvalue weighted by atomic mass is 16.5. The summed E-state index contributed by atoms with van der Waals surface area (Å²) >= 11 is 0. The molecule has 4 aromatic rings. The number of anilines is 1. The number of aromatic nitrogens is 1. The van der Waals surface area contributed by atoms with Crippen molar-refractivity contribution in [2.75, 3.05) is 5.73 Å². The van der Waals surface area contributed by atoms with Crippen LogP contribution >= 0.6 is 0 Å². The van der Waals surface area contributed by atoms with Gasteiger partial charge in [-0.05, 0) is 58.7 Å². The van der Waals surface area contributed by atoms with Crippen LogP contribution in [0.5, 0.6) is 5.75 Å². The normalized spacial score (nSPS) is 14.6. The Hall–Kier alpha value is -4.37. The number of hydrogen-bond acceptors (Lipinski definition) is 5. The van der Waals surface area contributed by atoms with E-state index in [1.165, 1.54) is 5.56 Å². The lowest BCUT2D eigenvalue weighted by Gasteiger charge is -2.19. The predicted molar refractivity (Wildman–Crippen MR) is 126 cm³/mol. The van der Waals surface area contributed by atoms with E-state index in [1.807, 2.05) is 18.2 Å². The summed E-state index contributed by atoms with van der Waals surface area (Å²) in [4.78, 5) is 15.5. The predicted octanol–water partition coefficient (Wildman–Crippen LogP) is 5.05. The lowest BCUT2D eigenvalue weighted by atomic mass is 9.96. The Kier molecular flexibility index (Phi) is 5.15. The molecule has 1 heterocycles. The number of nitrogen functional groups attached to an aromatic ring is 1. The molecule has 5 rings (SSSR count). The van der Waals surface area contributed by atoms with Gasteiger partial charge in [-0.3, -0.25) is 4.79 Å². The number of pyridine rings is 1. The van der Waals surface area contributed by atoms with Gasteiger partial charge in [-0.2, -0.15) is 5.26 Å². The number of rotatable bonds is 5. The zero-order valence-corrected chi connectivity index (χ0v) is 17.8. The van der Waals surface area contributed by atoms with Crippen molar-refractivity contribution >= 4 is 22.6 Å². The van der Waals surface area contributed by atoms with Crippen LogP contribution in [0.4, 0.5) is 5.82 Å². The third kappa shape index (κ3) is 3.74. The largest absolute Gasteiger partial charge is 0.484 e. The number of benzene rings is 3. The standard InChI is InChI=1S/C27H21N3O3/c28-15-19-4-1-3-18(14-25(31)32)26(19)33-24-10-9-16-7-8-17(13-23(16)24)20-5-2-6-22-21(20)11-12-30-27(22)29/h1-8,11-13,24H,9-10,14H2,(H2,29,30)(H,31,32). The van der Waals surface area contributed by atoms with Crippen LogP contribution in [0.25, 0.3) is 21.9 Å². The topological polar surface area (TPSA) is 109 Å². The average Bonchev–Trinajstić information content (AvgIpc) is 3.22. The molecule has 0 bridgehead atoms. The number of fused-ring (bicyclic) bond motifs is 2. The molecule has 1 aromatic heterocycles. The second-order valence-electron chi connectivity index (χ2n) is 8.13. The minimum atomic E-state index is -0.964. The number of carboxylic acid groups (broad SMARTS) is 1. The van der Waals surface area contributed by atoms with Crippen LogP contribution < -0.4 is 10.5 Å². The van der Waals surface area contributed by atoms with Crippen LogP contribution in [0.15, 0.2) is 66.9 Å². The molecule has 0 spiro atoms. The zero-order chi connectivity index (χ0) is 22.9. The average molecular weight is 435 g/mol. The number of nitrogens with zero attached hydrogens (tertiary/aromatic N) is 2. The van der Waals surface area contributed by atoms with E-state index >= 15 is 0 Å². The van der Waals surface area contributed by atoms with Gasteiger partial charge in [0.25, 0.3) is 0 Å². The van der Waals surface area contributed by atoms with E-state index in [-0.39, 0.29) is 12.5 Å². The van der Waals surface area contributed by atoms with E-state index in [4.69, 9.17) is 10.5 Å². The van der Waals surface area contributed by atoms with Gasteiger partial charge in [0.1, 0.15) is 23.7 Å². The fraction of sp³-hybridized carbons (Fsp3) is 0.148. The molecule has 0 radical (unpaired) electrons. The minimum Gasteiger partial charge on any atom is -0.484 e. The quantitative estimate of drug-likeness (QED) is 0.454. The van der Waals surface area contributed by atoms with E-state index in [1.54, 1.807) is 24.4 Å². The van der Waals surface area contributed by atoms with Crippen LogP contribution in [-0.4, -0.2) is 16.1 Å². The van der Waals surface area contributed by atoms with Crippen LogP contribution in [0.2, 0.25) is 0 Å². The molecule has 0 saturated carbocycles. The lowest BCUT2D eigenvalue weighted by molar-refractivity contribution is -0.136. The molecule has 1 atom stereocenters. The fourth-order valence-corrected chi connectivity index (χ4v) is 4.59. The fourth-order valence-electron chi connectivity index (χ4n) is 4.59. The number of carboxylic acids is 1. The third-order valence-corrected chi connectivity index (χ3v) is 6.14. The molecule has 3 N–H and O–H groups in total. The van der Waals surface area contributed by atoms with E-state index in [9.17, 15) is 15.2 Å². The van der Waals surface area contributed by atoms with Gasteiger partial charge in [0.05, 0.1) is 12.0 Å². The van der Waals surface area contributed by atoms with Crippen molar-refractivity contribution in [3.05, 3.63) is 89.1 Å². The highest BCUT2D eigenvalue weighted by Crippen LogP contribution is 2.40. The van der Waals surface area contributed by atoms with E-state index in [2.05, 4.69) is 35.3 Å². The molecule has 1 aliphatic rings. The van der Waals surface area contributed by atoms with Gasteiger partial charge in [-0.1, -0.05) is 42.5 Å². The summed E-state index contributed by atoms with van der Waals surface area (Å²) < 4.78 is 6.34. The second kappa shape index (κ2) is 8.29. The summed E-state index contributed by atoms with van der Waals surface area (Å²) in [6, 6.07) is 21.5. The third-order valence-electron chi connectivity index (χ3n) is 6.14. The molecule has 0 saturated heterocycles. The molecule has 6 heteroatoms.